The van der Waals surface area contributed by atoms with Gasteiger partial charge >= 0.3 is 0 Å². The Hall–Kier alpha value is -1.88. The Labute approximate surface area is 106 Å². The molecule has 3 nitrogen and oxygen atoms in total. The third kappa shape index (κ3) is 2.87. The SMILES string of the molecule is COc1ccc(N=S(=O)(F)c2ccccc2)cc1. The van der Waals surface area contributed by atoms with Gasteiger partial charge in [0.2, 0.25) is 10.1 Å². The third-order valence-electron chi connectivity index (χ3n) is 2.33. The highest BCUT2D eigenvalue weighted by molar-refractivity contribution is 7.88. The topological polar surface area (TPSA) is 38.7 Å². The molecule has 0 aliphatic rings. The molecule has 0 aliphatic heterocycles. The van der Waals surface area contributed by atoms with E-state index in [9.17, 15) is 8.09 Å². The zero-order valence-electron chi connectivity index (χ0n) is 9.75. The highest BCUT2D eigenvalue weighted by atomic mass is 32.3. The molecule has 0 aliphatic carbocycles. The van der Waals surface area contributed by atoms with Crippen LogP contribution >= 0.6 is 0 Å². The van der Waals surface area contributed by atoms with Gasteiger partial charge in [-0.05, 0) is 36.4 Å². The van der Waals surface area contributed by atoms with Crippen molar-refractivity contribution in [2.75, 3.05) is 7.11 Å². The minimum atomic E-state index is -3.90. The molecule has 0 aromatic heterocycles. The fourth-order valence-corrected chi connectivity index (χ4v) is 2.41. The Morgan fingerprint density at radius 3 is 2.22 bits per heavy atom. The molecule has 2 aromatic rings. The number of hydrogen-bond acceptors (Lipinski definition) is 3. The molecule has 0 amide bonds. The summed E-state index contributed by atoms with van der Waals surface area (Å²) in [5, 5.41) is 0. The molecule has 0 saturated heterocycles. The van der Waals surface area contributed by atoms with Crippen molar-refractivity contribution in [3.05, 3.63) is 54.6 Å². The maximum atomic E-state index is 14.0. The molecule has 2 aromatic carbocycles. The van der Waals surface area contributed by atoms with Crippen LogP contribution in [0.3, 0.4) is 0 Å². The van der Waals surface area contributed by atoms with E-state index in [4.69, 9.17) is 4.74 Å². The van der Waals surface area contributed by atoms with Gasteiger partial charge in [-0.15, -0.1) is 3.89 Å². The van der Waals surface area contributed by atoms with E-state index >= 15 is 0 Å². The van der Waals surface area contributed by atoms with Crippen LogP contribution in [0.25, 0.3) is 0 Å². The lowest BCUT2D eigenvalue weighted by Gasteiger charge is -2.01. The number of ether oxygens (including phenoxy) is 1. The average molecular weight is 265 g/mol. The first kappa shape index (κ1) is 12.6. The summed E-state index contributed by atoms with van der Waals surface area (Å²) in [7, 11) is -2.36. The molecule has 0 spiro atoms. The smallest absolute Gasteiger partial charge is 0.235 e. The second-order valence-corrected chi connectivity index (χ2v) is 5.13. The van der Waals surface area contributed by atoms with Crippen molar-refractivity contribution in [1.82, 2.24) is 0 Å². The second kappa shape index (κ2) is 5.18. The maximum Gasteiger partial charge on any atom is 0.235 e. The standard InChI is InChI=1S/C13H12FNO2S/c1-17-12-9-7-11(8-10-12)15-18(14,16)13-5-3-2-4-6-13/h2-10H,1H3. The minimum absolute atomic E-state index is 0.0702. The Morgan fingerprint density at radius 1 is 1.06 bits per heavy atom. The number of rotatable bonds is 3. The predicted molar refractivity (Wildman–Crippen MR) is 69.0 cm³/mol. The maximum absolute atomic E-state index is 14.0. The number of benzene rings is 2. The summed E-state index contributed by atoms with van der Waals surface area (Å²) in [5.74, 6) is 0.638. The average Bonchev–Trinajstić information content (AvgIpc) is 2.40. The predicted octanol–water partition coefficient (Wildman–Crippen LogP) is 3.74. The van der Waals surface area contributed by atoms with Gasteiger partial charge in [0.25, 0.3) is 0 Å². The normalized spacial score (nSPS) is 13.7. The lowest BCUT2D eigenvalue weighted by Crippen LogP contribution is -1.90. The molecule has 0 heterocycles. The van der Waals surface area contributed by atoms with Crippen LogP contribution in [0.1, 0.15) is 0 Å². The lowest BCUT2D eigenvalue weighted by molar-refractivity contribution is 0.415. The first-order chi connectivity index (χ1) is 8.62. The monoisotopic (exact) mass is 265 g/mol. The Bertz CT molecular complexity index is 632. The van der Waals surface area contributed by atoms with Crippen molar-refractivity contribution in [2.24, 2.45) is 4.36 Å². The van der Waals surface area contributed by atoms with Crippen molar-refractivity contribution >= 4 is 15.8 Å². The van der Waals surface area contributed by atoms with Crippen molar-refractivity contribution in [1.29, 1.82) is 0 Å². The lowest BCUT2D eigenvalue weighted by atomic mass is 10.3. The summed E-state index contributed by atoms with van der Waals surface area (Å²) < 4.78 is 34.5. The van der Waals surface area contributed by atoms with Gasteiger partial charge in [-0.25, -0.2) is 4.21 Å². The molecule has 18 heavy (non-hydrogen) atoms. The molecule has 2 rings (SSSR count). The van der Waals surface area contributed by atoms with E-state index < -0.39 is 10.1 Å². The zero-order valence-corrected chi connectivity index (χ0v) is 10.6. The summed E-state index contributed by atoms with van der Waals surface area (Å²) in [4.78, 5) is 0.0702. The Kier molecular flexibility index (Phi) is 3.62. The molecule has 0 N–H and O–H groups in total. The Morgan fingerprint density at radius 2 is 1.67 bits per heavy atom. The van der Waals surface area contributed by atoms with Crippen molar-refractivity contribution < 1.29 is 12.8 Å². The molecule has 0 radical (unpaired) electrons. The fraction of sp³-hybridized carbons (Fsp3) is 0.0769. The molecule has 5 heteroatoms. The van der Waals surface area contributed by atoms with Crippen molar-refractivity contribution in [3.63, 3.8) is 0 Å². The number of halogens is 1. The van der Waals surface area contributed by atoms with Gasteiger partial charge in [-0.2, -0.15) is 4.36 Å². The highest BCUT2D eigenvalue weighted by Crippen LogP contribution is 2.23. The molecule has 0 saturated carbocycles. The van der Waals surface area contributed by atoms with Crippen LogP contribution in [0.5, 0.6) is 5.75 Å². The molecule has 94 valence electrons. The van der Waals surface area contributed by atoms with Crippen LogP contribution in [-0.2, 0) is 10.1 Å². The second-order valence-electron chi connectivity index (χ2n) is 3.56. The van der Waals surface area contributed by atoms with Gasteiger partial charge in [0.1, 0.15) is 5.75 Å². The van der Waals surface area contributed by atoms with Gasteiger partial charge < -0.3 is 4.74 Å². The van der Waals surface area contributed by atoms with E-state index in [1.807, 2.05) is 0 Å². The van der Waals surface area contributed by atoms with E-state index in [1.54, 1.807) is 42.5 Å². The van der Waals surface area contributed by atoms with E-state index in [0.717, 1.165) is 0 Å². The van der Waals surface area contributed by atoms with Crippen LogP contribution in [0.15, 0.2) is 63.9 Å². The summed E-state index contributed by atoms with van der Waals surface area (Å²) in [5.41, 5.74) is 0.312. The molecule has 0 fully saturated rings. The van der Waals surface area contributed by atoms with Crippen LogP contribution in [0, 0.1) is 0 Å². The molecule has 1 atom stereocenters. The van der Waals surface area contributed by atoms with Crippen LogP contribution in [-0.4, -0.2) is 11.3 Å². The summed E-state index contributed by atoms with van der Waals surface area (Å²) in [6, 6.07) is 14.3. The number of hydrogen-bond donors (Lipinski definition) is 0. The van der Waals surface area contributed by atoms with E-state index in [0.29, 0.717) is 11.4 Å². The molecule has 0 bridgehead atoms. The van der Waals surface area contributed by atoms with Crippen LogP contribution < -0.4 is 4.74 Å². The van der Waals surface area contributed by atoms with Gasteiger partial charge in [-0.3, -0.25) is 0 Å². The van der Waals surface area contributed by atoms with Crippen molar-refractivity contribution in [2.45, 2.75) is 4.90 Å². The van der Waals surface area contributed by atoms with E-state index in [1.165, 1.54) is 19.2 Å². The van der Waals surface area contributed by atoms with Crippen LogP contribution in [0.4, 0.5) is 9.57 Å². The van der Waals surface area contributed by atoms with Crippen LogP contribution in [0.2, 0.25) is 0 Å². The van der Waals surface area contributed by atoms with E-state index in [-0.39, 0.29) is 4.90 Å². The summed E-state index contributed by atoms with van der Waals surface area (Å²) in [6.45, 7) is 0. The first-order valence-corrected chi connectivity index (χ1v) is 6.69. The quantitative estimate of drug-likeness (QED) is 0.793. The number of nitrogens with zero attached hydrogens (tertiary/aromatic N) is 1. The minimum Gasteiger partial charge on any atom is -0.497 e. The first-order valence-electron chi connectivity index (χ1n) is 5.28. The molecule has 1 unspecified atom stereocenters. The highest BCUT2D eigenvalue weighted by Gasteiger charge is 2.09. The molecular weight excluding hydrogens is 253 g/mol. The number of methoxy groups -OCH3 is 1. The Balaban J connectivity index is 2.40. The van der Waals surface area contributed by atoms with Gasteiger partial charge in [0.15, 0.2) is 0 Å². The zero-order chi connectivity index (χ0) is 13.0. The molecular formula is C13H12FNO2S. The fourth-order valence-electron chi connectivity index (χ4n) is 1.42. The largest absolute Gasteiger partial charge is 0.497 e. The summed E-state index contributed by atoms with van der Waals surface area (Å²) >= 11 is 0. The third-order valence-corrected chi connectivity index (χ3v) is 3.63. The summed E-state index contributed by atoms with van der Waals surface area (Å²) in [6.07, 6.45) is 0. The van der Waals surface area contributed by atoms with Gasteiger partial charge in [-0.1, -0.05) is 18.2 Å². The van der Waals surface area contributed by atoms with Crippen molar-refractivity contribution in [3.8, 4) is 5.75 Å². The van der Waals surface area contributed by atoms with E-state index in [2.05, 4.69) is 4.36 Å². The van der Waals surface area contributed by atoms with Gasteiger partial charge in [0, 0.05) is 0 Å². The van der Waals surface area contributed by atoms with Gasteiger partial charge in [0.05, 0.1) is 17.7 Å².